The van der Waals surface area contributed by atoms with Crippen LogP contribution in [0.25, 0.3) is 0 Å². The summed E-state index contributed by atoms with van der Waals surface area (Å²) in [4.78, 5) is 0. The van der Waals surface area contributed by atoms with Gasteiger partial charge in [-0.2, -0.15) is 0 Å². The van der Waals surface area contributed by atoms with Crippen LogP contribution in [-0.2, 0) is 10.0 Å². The Morgan fingerprint density at radius 3 is 2.56 bits per heavy atom. The Morgan fingerprint density at radius 2 is 1.94 bits per heavy atom. The first kappa shape index (κ1) is 13.8. The predicted molar refractivity (Wildman–Crippen MR) is 73.6 cm³/mol. The van der Waals surface area contributed by atoms with Crippen LogP contribution in [0.5, 0.6) is 0 Å². The molecule has 6 heteroatoms. The van der Waals surface area contributed by atoms with Crippen LogP contribution in [0, 0.1) is 12.7 Å². The first-order valence-corrected chi connectivity index (χ1v) is 8.21. The van der Waals surface area contributed by atoms with E-state index in [1.165, 1.54) is 12.1 Å². The fraction of sp³-hybridized carbons (Fsp3) is 0.500. The molecule has 1 aromatic rings. The van der Waals surface area contributed by atoms with Crippen LogP contribution in [0.15, 0.2) is 16.6 Å². The third-order valence-electron chi connectivity index (χ3n) is 3.26. The zero-order chi connectivity index (χ0) is 13.3. The van der Waals surface area contributed by atoms with E-state index < -0.39 is 15.8 Å². The molecule has 1 aromatic carbocycles. The number of halogens is 2. The zero-order valence-corrected chi connectivity index (χ0v) is 12.4. The second-order valence-corrected chi connectivity index (χ2v) is 7.45. The lowest BCUT2D eigenvalue weighted by atomic mass is 10.2. The fourth-order valence-corrected chi connectivity index (χ4v) is 4.18. The highest BCUT2D eigenvalue weighted by molar-refractivity contribution is 9.10. The van der Waals surface area contributed by atoms with Crippen molar-refractivity contribution in [3.8, 4) is 0 Å². The molecule has 1 N–H and O–H groups in total. The third-order valence-corrected chi connectivity index (χ3v) is 5.72. The molecule has 1 saturated carbocycles. The van der Waals surface area contributed by atoms with Gasteiger partial charge in [-0.1, -0.05) is 12.8 Å². The molecule has 18 heavy (non-hydrogen) atoms. The summed E-state index contributed by atoms with van der Waals surface area (Å²) < 4.78 is 40.4. The fourth-order valence-electron chi connectivity index (χ4n) is 2.19. The zero-order valence-electron chi connectivity index (χ0n) is 10.0. The van der Waals surface area contributed by atoms with Crippen LogP contribution in [-0.4, -0.2) is 13.7 Å². The van der Waals surface area contributed by atoms with Crippen molar-refractivity contribution in [2.75, 3.05) is 4.72 Å². The third kappa shape index (κ3) is 2.85. The Hall–Kier alpha value is -0.620. The molecule has 0 saturated heterocycles. The standard InChI is InChI=1S/C12H15BrFNO2S/c1-8-6-11(14)10(13)7-12(8)15-18(16,17)9-4-2-3-5-9/h6-7,9,15H,2-5H2,1H3. The number of hydrogen-bond donors (Lipinski definition) is 1. The maximum atomic E-state index is 13.3. The van der Waals surface area contributed by atoms with Crippen molar-refractivity contribution in [1.29, 1.82) is 0 Å². The first-order valence-electron chi connectivity index (χ1n) is 5.87. The van der Waals surface area contributed by atoms with E-state index in [9.17, 15) is 12.8 Å². The minimum Gasteiger partial charge on any atom is -0.283 e. The molecule has 0 bridgehead atoms. The maximum absolute atomic E-state index is 13.3. The summed E-state index contributed by atoms with van der Waals surface area (Å²) in [5.74, 6) is -0.392. The highest BCUT2D eigenvalue weighted by Gasteiger charge is 2.29. The van der Waals surface area contributed by atoms with Gasteiger partial charge >= 0.3 is 0 Å². The van der Waals surface area contributed by atoms with Gasteiger partial charge in [0.05, 0.1) is 15.4 Å². The van der Waals surface area contributed by atoms with Crippen molar-refractivity contribution < 1.29 is 12.8 Å². The van der Waals surface area contributed by atoms with Crippen LogP contribution in [0.2, 0.25) is 0 Å². The Balaban J connectivity index is 2.26. The molecule has 0 aromatic heterocycles. The van der Waals surface area contributed by atoms with E-state index in [1.54, 1.807) is 6.92 Å². The monoisotopic (exact) mass is 335 g/mol. The summed E-state index contributed by atoms with van der Waals surface area (Å²) in [6.45, 7) is 1.68. The molecule has 0 unspecified atom stereocenters. The Bertz CT molecular complexity index is 553. The number of rotatable bonds is 3. The van der Waals surface area contributed by atoms with Crippen LogP contribution in [0.4, 0.5) is 10.1 Å². The van der Waals surface area contributed by atoms with Crippen molar-refractivity contribution in [1.82, 2.24) is 0 Å². The highest BCUT2D eigenvalue weighted by Crippen LogP contribution is 2.29. The summed E-state index contributed by atoms with van der Waals surface area (Å²) in [5, 5.41) is -0.319. The number of anilines is 1. The molecule has 1 aliphatic rings. The van der Waals surface area contributed by atoms with E-state index in [2.05, 4.69) is 20.7 Å². The number of nitrogens with one attached hydrogen (secondary N) is 1. The lowest BCUT2D eigenvalue weighted by molar-refractivity contribution is 0.585. The van der Waals surface area contributed by atoms with Crippen molar-refractivity contribution in [3.63, 3.8) is 0 Å². The minimum absolute atomic E-state index is 0.261. The second kappa shape index (κ2) is 5.17. The Labute approximate surface area is 115 Å². The van der Waals surface area contributed by atoms with Gasteiger partial charge in [0.25, 0.3) is 0 Å². The molecule has 0 amide bonds. The summed E-state index contributed by atoms with van der Waals surface area (Å²) in [5.41, 5.74) is 1.02. The molecule has 0 spiro atoms. The van der Waals surface area contributed by atoms with Gasteiger partial charge in [0.15, 0.2) is 0 Å². The van der Waals surface area contributed by atoms with Crippen LogP contribution < -0.4 is 4.72 Å². The minimum atomic E-state index is -3.36. The molecule has 1 aliphatic carbocycles. The average molecular weight is 336 g/mol. The molecule has 2 rings (SSSR count). The SMILES string of the molecule is Cc1cc(F)c(Br)cc1NS(=O)(=O)C1CCCC1. The quantitative estimate of drug-likeness (QED) is 0.917. The number of hydrogen-bond acceptors (Lipinski definition) is 2. The van der Waals surface area contributed by atoms with E-state index >= 15 is 0 Å². The molecule has 1 fully saturated rings. The molecule has 0 heterocycles. The number of sulfonamides is 1. The van der Waals surface area contributed by atoms with E-state index in [-0.39, 0.29) is 9.72 Å². The molecule has 100 valence electrons. The predicted octanol–water partition coefficient (Wildman–Crippen LogP) is 3.58. The van der Waals surface area contributed by atoms with Gasteiger partial charge in [0, 0.05) is 0 Å². The average Bonchev–Trinajstić information content (AvgIpc) is 2.79. The smallest absolute Gasteiger partial charge is 0.235 e. The van der Waals surface area contributed by atoms with E-state index in [1.807, 2.05) is 0 Å². The lowest BCUT2D eigenvalue weighted by Gasteiger charge is -2.15. The molecule has 0 atom stereocenters. The topological polar surface area (TPSA) is 46.2 Å². The van der Waals surface area contributed by atoms with Gasteiger partial charge in [-0.25, -0.2) is 12.8 Å². The summed E-state index contributed by atoms with van der Waals surface area (Å²) in [7, 11) is -3.36. The maximum Gasteiger partial charge on any atom is 0.235 e. The van der Waals surface area contributed by atoms with Crippen molar-refractivity contribution in [2.45, 2.75) is 37.9 Å². The molecule has 0 aliphatic heterocycles. The normalized spacial score (nSPS) is 17.1. The van der Waals surface area contributed by atoms with Crippen LogP contribution in [0.1, 0.15) is 31.2 Å². The van der Waals surface area contributed by atoms with Gasteiger partial charge in [-0.3, -0.25) is 4.72 Å². The first-order chi connectivity index (χ1) is 8.40. The van der Waals surface area contributed by atoms with Crippen LogP contribution in [0.3, 0.4) is 0 Å². The van der Waals surface area contributed by atoms with Crippen molar-refractivity contribution in [2.24, 2.45) is 0 Å². The second-order valence-electron chi connectivity index (χ2n) is 4.63. The van der Waals surface area contributed by atoms with Gasteiger partial charge in [0.2, 0.25) is 10.0 Å². The summed E-state index contributed by atoms with van der Waals surface area (Å²) in [6, 6.07) is 2.79. The highest BCUT2D eigenvalue weighted by atomic mass is 79.9. The van der Waals surface area contributed by atoms with E-state index in [0.29, 0.717) is 24.1 Å². The largest absolute Gasteiger partial charge is 0.283 e. The van der Waals surface area contributed by atoms with Gasteiger partial charge in [-0.15, -0.1) is 0 Å². The number of aryl methyl sites for hydroxylation is 1. The van der Waals surface area contributed by atoms with E-state index in [4.69, 9.17) is 0 Å². The van der Waals surface area contributed by atoms with E-state index in [0.717, 1.165) is 12.8 Å². The molecule has 0 radical (unpaired) electrons. The summed E-state index contributed by atoms with van der Waals surface area (Å²) in [6.07, 6.45) is 3.32. The lowest BCUT2D eigenvalue weighted by Crippen LogP contribution is -2.25. The summed E-state index contributed by atoms with van der Waals surface area (Å²) >= 11 is 3.06. The molecular formula is C12H15BrFNO2S. The molecule has 3 nitrogen and oxygen atoms in total. The van der Waals surface area contributed by atoms with Crippen molar-refractivity contribution in [3.05, 3.63) is 28.0 Å². The van der Waals surface area contributed by atoms with Gasteiger partial charge in [-0.05, 0) is 53.4 Å². The van der Waals surface area contributed by atoms with Crippen molar-refractivity contribution >= 4 is 31.6 Å². The van der Waals surface area contributed by atoms with Gasteiger partial charge < -0.3 is 0 Å². The Kier molecular flexibility index (Phi) is 3.96. The van der Waals surface area contributed by atoms with Gasteiger partial charge in [0.1, 0.15) is 5.82 Å². The van der Waals surface area contributed by atoms with Crippen LogP contribution >= 0.6 is 15.9 Å². The number of benzene rings is 1. The Morgan fingerprint density at radius 1 is 1.33 bits per heavy atom. The molecular weight excluding hydrogens is 321 g/mol.